The van der Waals surface area contributed by atoms with Crippen LogP contribution in [0, 0.1) is 22.0 Å². The number of aliphatic hydroxyl groups excluding tert-OH is 1. The molecule has 1 aliphatic carbocycles. The second-order valence-electron chi connectivity index (χ2n) is 5.24. The van der Waals surface area contributed by atoms with E-state index in [-0.39, 0.29) is 22.9 Å². The summed E-state index contributed by atoms with van der Waals surface area (Å²) in [6.07, 6.45) is 1.60. The van der Waals surface area contributed by atoms with Crippen LogP contribution in [0.2, 0.25) is 5.15 Å². The van der Waals surface area contributed by atoms with Crippen LogP contribution >= 0.6 is 11.6 Å². The first-order chi connectivity index (χ1) is 9.04. The smallest absolute Gasteiger partial charge is 0.276 e. The van der Waals surface area contributed by atoms with Gasteiger partial charge in [-0.2, -0.15) is 0 Å². The number of fused-ring (bicyclic) bond motifs is 1. The summed E-state index contributed by atoms with van der Waals surface area (Å²) in [5.74, 6) is 1.23. The minimum atomic E-state index is -0.469. The molecule has 0 radical (unpaired) electrons. The summed E-state index contributed by atoms with van der Waals surface area (Å²) < 4.78 is 0. The van der Waals surface area contributed by atoms with Gasteiger partial charge in [-0.25, -0.2) is 4.98 Å². The Bertz CT molecular complexity index is 525. The van der Waals surface area contributed by atoms with Gasteiger partial charge in [-0.15, -0.1) is 0 Å². The Morgan fingerprint density at radius 3 is 2.89 bits per heavy atom. The molecule has 7 heteroatoms. The van der Waals surface area contributed by atoms with Crippen LogP contribution in [0.25, 0.3) is 0 Å². The lowest BCUT2D eigenvalue weighted by molar-refractivity contribution is -0.384. The van der Waals surface area contributed by atoms with Gasteiger partial charge in [0.25, 0.3) is 5.69 Å². The van der Waals surface area contributed by atoms with Crippen molar-refractivity contribution in [2.45, 2.75) is 18.9 Å². The number of hydrogen-bond acceptors (Lipinski definition) is 5. The lowest BCUT2D eigenvalue weighted by Crippen LogP contribution is -2.25. The Morgan fingerprint density at radius 2 is 2.21 bits per heavy atom. The van der Waals surface area contributed by atoms with Gasteiger partial charge < -0.3 is 10.0 Å². The van der Waals surface area contributed by atoms with Gasteiger partial charge in [0.05, 0.1) is 23.2 Å². The molecule has 0 amide bonds. The molecule has 0 bridgehead atoms. The molecular formula is C12H14ClN3O3. The SMILES string of the molecule is O=[N+]([O-])c1cc(Cl)nc(N2CC3CCC(O)C3C2)c1. The molecule has 2 aliphatic rings. The highest BCUT2D eigenvalue weighted by Crippen LogP contribution is 2.40. The average molecular weight is 284 g/mol. The molecule has 1 N–H and O–H groups in total. The third-order valence-electron chi connectivity index (χ3n) is 4.12. The van der Waals surface area contributed by atoms with Crippen molar-refractivity contribution >= 4 is 23.1 Å². The summed E-state index contributed by atoms with van der Waals surface area (Å²) in [6, 6.07) is 2.69. The molecule has 1 aromatic heterocycles. The summed E-state index contributed by atoms with van der Waals surface area (Å²) in [6.45, 7) is 1.47. The van der Waals surface area contributed by atoms with Crippen LogP contribution < -0.4 is 4.90 Å². The molecule has 6 nitrogen and oxygen atoms in total. The molecule has 0 spiro atoms. The fourth-order valence-corrected chi connectivity index (χ4v) is 3.36. The number of nitro groups is 1. The van der Waals surface area contributed by atoms with Gasteiger partial charge in [0.15, 0.2) is 0 Å². The summed E-state index contributed by atoms with van der Waals surface area (Å²) in [5, 5.41) is 20.8. The minimum Gasteiger partial charge on any atom is -0.393 e. The Morgan fingerprint density at radius 1 is 1.42 bits per heavy atom. The molecule has 0 aromatic carbocycles. The molecule has 1 saturated carbocycles. The third-order valence-corrected chi connectivity index (χ3v) is 4.31. The molecule has 1 aliphatic heterocycles. The highest BCUT2D eigenvalue weighted by atomic mass is 35.5. The van der Waals surface area contributed by atoms with E-state index in [0.29, 0.717) is 18.3 Å². The van der Waals surface area contributed by atoms with E-state index in [0.717, 1.165) is 19.4 Å². The van der Waals surface area contributed by atoms with Crippen molar-refractivity contribution in [3.63, 3.8) is 0 Å². The van der Waals surface area contributed by atoms with Crippen LogP contribution in [0.15, 0.2) is 12.1 Å². The topological polar surface area (TPSA) is 79.5 Å². The van der Waals surface area contributed by atoms with Gasteiger partial charge in [-0.05, 0) is 18.8 Å². The van der Waals surface area contributed by atoms with Gasteiger partial charge >= 0.3 is 0 Å². The van der Waals surface area contributed by atoms with Crippen molar-refractivity contribution in [1.82, 2.24) is 4.98 Å². The van der Waals surface area contributed by atoms with Crippen LogP contribution in [0.5, 0.6) is 0 Å². The van der Waals surface area contributed by atoms with Crippen molar-refractivity contribution in [3.8, 4) is 0 Å². The molecule has 19 heavy (non-hydrogen) atoms. The maximum atomic E-state index is 10.8. The van der Waals surface area contributed by atoms with Crippen molar-refractivity contribution < 1.29 is 10.0 Å². The highest BCUT2D eigenvalue weighted by Gasteiger charge is 2.42. The molecular weight excluding hydrogens is 270 g/mol. The number of pyridine rings is 1. The van der Waals surface area contributed by atoms with Crippen LogP contribution in [-0.2, 0) is 0 Å². The zero-order chi connectivity index (χ0) is 13.6. The summed E-state index contributed by atoms with van der Waals surface area (Å²) in [5.41, 5.74) is -0.0485. The molecule has 3 rings (SSSR count). The maximum absolute atomic E-state index is 10.8. The van der Waals surface area contributed by atoms with E-state index in [4.69, 9.17) is 11.6 Å². The molecule has 102 valence electrons. The molecule has 2 fully saturated rings. The fraction of sp³-hybridized carbons (Fsp3) is 0.583. The van der Waals surface area contributed by atoms with Crippen molar-refractivity contribution in [2.75, 3.05) is 18.0 Å². The first kappa shape index (κ1) is 12.6. The van der Waals surface area contributed by atoms with Crippen LogP contribution in [0.1, 0.15) is 12.8 Å². The number of halogens is 1. The summed E-state index contributed by atoms with van der Waals surface area (Å²) >= 11 is 5.83. The van der Waals surface area contributed by atoms with E-state index in [2.05, 4.69) is 4.98 Å². The predicted octanol–water partition coefficient (Wildman–Crippen LogP) is 1.85. The first-order valence-corrected chi connectivity index (χ1v) is 6.67. The number of nitrogens with zero attached hydrogens (tertiary/aromatic N) is 3. The Hall–Kier alpha value is -1.40. The first-order valence-electron chi connectivity index (χ1n) is 6.29. The van der Waals surface area contributed by atoms with E-state index in [1.807, 2.05) is 4.90 Å². The van der Waals surface area contributed by atoms with E-state index in [1.165, 1.54) is 12.1 Å². The lowest BCUT2D eigenvalue weighted by atomic mass is 10.00. The van der Waals surface area contributed by atoms with Crippen LogP contribution in [0.4, 0.5) is 11.5 Å². The van der Waals surface area contributed by atoms with Crippen molar-refractivity contribution in [2.24, 2.45) is 11.8 Å². The average Bonchev–Trinajstić information content (AvgIpc) is 2.91. The third kappa shape index (κ3) is 2.26. The van der Waals surface area contributed by atoms with Crippen molar-refractivity contribution in [3.05, 3.63) is 27.4 Å². The minimum absolute atomic E-state index is 0.0485. The highest BCUT2D eigenvalue weighted by molar-refractivity contribution is 6.29. The van der Waals surface area contributed by atoms with E-state index in [1.54, 1.807) is 0 Å². The molecule has 2 heterocycles. The van der Waals surface area contributed by atoms with Gasteiger partial charge in [-0.1, -0.05) is 11.6 Å². The van der Waals surface area contributed by atoms with Gasteiger partial charge in [0.2, 0.25) is 0 Å². The Kier molecular flexibility index (Phi) is 3.06. The fourth-order valence-electron chi connectivity index (χ4n) is 3.16. The quantitative estimate of drug-likeness (QED) is 0.509. The molecule has 3 unspecified atom stereocenters. The lowest BCUT2D eigenvalue weighted by Gasteiger charge is -2.19. The number of hydrogen-bond donors (Lipinski definition) is 1. The summed E-state index contributed by atoms with van der Waals surface area (Å²) in [7, 11) is 0. The Balaban J connectivity index is 1.86. The number of anilines is 1. The van der Waals surface area contributed by atoms with E-state index >= 15 is 0 Å². The van der Waals surface area contributed by atoms with Gasteiger partial charge in [0, 0.05) is 19.0 Å². The normalized spacial score (nSPS) is 29.6. The van der Waals surface area contributed by atoms with Crippen LogP contribution in [0.3, 0.4) is 0 Å². The van der Waals surface area contributed by atoms with Crippen molar-refractivity contribution in [1.29, 1.82) is 0 Å². The largest absolute Gasteiger partial charge is 0.393 e. The standard InChI is InChI=1S/C12H14ClN3O3/c13-11-3-8(16(18)19)4-12(14-11)15-5-7-1-2-10(17)9(7)6-15/h3-4,7,9-10,17H,1-2,5-6H2. The van der Waals surface area contributed by atoms with E-state index < -0.39 is 4.92 Å². The molecule has 1 saturated heterocycles. The van der Waals surface area contributed by atoms with Crippen LogP contribution in [-0.4, -0.2) is 34.2 Å². The summed E-state index contributed by atoms with van der Waals surface area (Å²) in [4.78, 5) is 16.5. The zero-order valence-electron chi connectivity index (χ0n) is 10.2. The predicted molar refractivity (Wildman–Crippen MR) is 70.3 cm³/mol. The Labute approximate surface area is 115 Å². The number of aliphatic hydroxyl groups is 1. The number of aromatic nitrogens is 1. The number of rotatable bonds is 2. The second kappa shape index (κ2) is 4.61. The zero-order valence-corrected chi connectivity index (χ0v) is 11.0. The monoisotopic (exact) mass is 283 g/mol. The van der Waals surface area contributed by atoms with Gasteiger partial charge in [-0.3, -0.25) is 10.1 Å². The maximum Gasteiger partial charge on any atom is 0.276 e. The van der Waals surface area contributed by atoms with Gasteiger partial charge in [0.1, 0.15) is 11.0 Å². The molecule has 1 aromatic rings. The second-order valence-corrected chi connectivity index (χ2v) is 5.62. The van der Waals surface area contributed by atoms with E-state index in [9.17, 15) is 15.2 Å². The molecule has 3 atom stereocenters.